The third-order valence-electron chi connectivity index (χ3n) is 2.58. The van der Waals surface area contributed by atoms with Crippen LogP contribution in [0, 0.1) is 0 Å². The number of ether oxygens (including phenoxy) is 3. The van der Waals surface area contributed by atoms with Crippen LogP contribution in [0.2, 0.25) is 0 Å². The Labute approximate surface area is 85.2 Å². The zero-order chi connectivity index (χ0) is 10.4. The van der Waals surface area contributed by atoms with E-state index in [0.29, 0.717) is 22.8 Å². The molecule has 1 aromatic rings. The summed E-state index contributed by atoms with van der Waals surface area (Å²) in [6, 6.07) is 3.37. The molecular formula is C10H8O5. The molecule has 5 nitrogen and oxygen atoms in total. The number of carboxylic acid groups (broad SMARTS) is 1. The standard InChI is InChI=1S/C10H8O5/c11-10(12)6-3-13-7-2-9-8(1-5(6)7)14-4-15-9/h1-2,6H,3-4H2,(H,11,12). The van der Waals surface area contributed by atoms with Gasteiger partial charge in [0.05, 0.1) is 0 Å². The van der Waals surface area contributed by atoms with Gasteiger partial charge in [-0.05, 0) is 6.07 Å². The number of carboxylic acids is 1. The summed E-state index contributed by atoms with van der Waals surface area (Å²) < 4.78 is 15.6. The highest BCUT2D eigenvalue weighted by Crippen LogP contribution is 2.43. The van der Waals surface area contributed by atoms with Crippen LogP contribution in [-0.2, 0) is 4.79 Å². The molecule has 0 amide bonds. The van der Waals surface area contributed by atoms with Crippen molar-refractivity contribution >= 4 is 5.97 Å². The average Bonchev–Trinajstić information content (AvgIpc) is 2.77. The molecule has 0 bridgehead atoms. The van der Waals surface area contributed by atoms with E-state index in [0.717, 1.165) is 0 Å². The highest BCUT2D eigenvalue weighted by molar-refractivity contribution is 5.79. The molecule has 0 spiro atoms. The van der Waals surface area contributed by atoms with Crippen molar-refractivity contribution < 1.29 is 24.1 Å². The second kappa shape index (κ2) is 2.79. The van der Waals surface area contributed by atoms with Crippen LogP contribution in [0.4, 0.5) is 0 Å². The Morgan fingerprint density at radius 2 is 1.93 bits per heavy atom. The lowest BCUT2D eigenvalue weighted by atomic mass is 10.0. The normalized spacial score (nSPS) is 20.9. The molecule has 2 aliphatic heterocycles. The second-order valence-electron chi connectivity index (χ2n) is 3.45. The van der Waals surface area contributed by atoms with Crippen LogP contribution in [0.3, 0.4) is 0 Å². The lowest BCUT2D eigenvalue weighted by molar-refractivity contribution is -0.138. The van der Waals surface area contributed by atoms with E-state index in [1.165, 1.54) is 0 Å². The fourth-order valence-electron chi connectivity index (χ4n) is 1.80. The highest BCUT2D eigenvalue weighted by Gasteiger charge is 2.33. The lowest BCUT2D eigenvalue weighted by Crippen LogP contribution is -2.12. The molecule has 1 unspecified atom stereocenters. The summed E-state index contributed by atoms with van der Waals surface area (Å²) in [6.07, 6.45) is 0. The van der Waals surface area contributed by atoms with E-state index in [1.54, 1.807) is 12.1 Å². The third kappa shape index (κ3) is 1.12. The van der Waals surface area contributed by atoms with Crippen molar-refractivity contribution in [2.24, 2.45) is 0 Å². The lowest BCUT2D eigenvalue weighted by Gasteiger charge is -2.03. The maximum Gasteiger partial charge on any atom is 0.314 e. The maximum atomic E-state index is 10.9. The first kappa shape index (κ1) is 8.40. The average molecular weight is 208 g/mol. The van der Waals surface area contributed by atoms with Crippen molar-refractivity contribution in [2.75, 3.05) is 13.4 Å². The summed E-state index contributed by atoms with van der Waals surface area (Å²) in [5, 5.41) is 8.96. The summed E-state index contributed by atoms with van der Waals surface area (Å²) in [4.78, 5) is 10.9. The van der Waals surface area contributed by atoms with Gasteiger partial charge in [-0.1, -0.05) is 0 Å². The van der Waals surface area contributed by atoms with Crippen LogP contribution in [0.25, 0.3) is 0 Å². The molecule has 0 fully saturated rings. The first-order valence-corrected chi connectivity index (χ1v) is 4.55. The molecule has 1 aromatic carbocycles. The maximum absolute atomic E-state index is 10.9. The minimum atomic E-state index is -0.882. The van der Waals surface area contributed by atoms with Crippen LogP contribution in [0.1, 0.15) is 11.5 Å². The molecule has 3 rings (SSSR count). The summed E-state index contributed by atoms with van der Waals surface area (Å²) in [5.74, 6) is 0.291. The predicted molar refractivity (Wildman–Crippen MR) is 48.4 cm³/mol. The van der Waals surface area contributed by atoms with Crippen molar-refractivity contribution in [3.8, 4) is 17.2 Å². The molecule has 0 saturated heterocycles. The predicted octanol–water partition coefficient (Wildman–Crippen LogP) is 0.976. The largest absolute Gasteiger partial charge is 0.492 e. The molecule has 0 aliphatic carbocycles. The van der Waals surface area contributed by atoms with Crippen molar-refractivity contribution in [1.82, 2.24) is 0 Å². The minimum absolute atomic E-state index is 0.174. The van der Waals surface area contributed by atoms with E-state index in [1.807, 2.05) is 0 Å². The van der Waals surface area contributed by atoms with Crippen LogP contribution >= 0.6 is 0 Å². The fourth-order valence-corrected chi connectivity index (χ4v) is 1.80. The van der Waals surface area contributed by atoms with Gasteiger partial charge in [-0.25, -0.2) is 0 Å². The van der Waals surface area contributed by atoms with Gasteiger partial charge in [0.2, 0.25) is 6.79 Å². The van der Waals surface area contributed by atoms with Crippen molar-refractivity contribution in [1.29, 1.82) is 0 Å². The Balaban J connectivity index is 2.10. The number of rotatable bonds is 1. The van der Waals surface area contributed by atoms with Crippen LogP contribution in [0.5, 0.6) is 17.2 Å². The molecule has 15 heavy (non-hydrogen) atoms. The number of hydrogen-bond donors (Lipinski definition) is 1. The quantitative estimate of drug-likeness (QED) is 0.745. The monoisotopic (exact) mass is 208 g/mol. The number of carbonyl (C=O) groups is 1. The van der Waals surface area contributed by atoms with E-state index >= 15 is 0 Å². The Kier molecular flexibility index (Phi) is 1.56. The van der Waals surface area contributed by atoms with Gasteiger partial charge < -0.3 is 19.3 Å². The zero-order valence-electron chi connectivity index (χ0n) is 7.73. The van der Waals surface area contributed by atoms with E-state index in [4.69, 9.17) is 19.3 Å². The molecule has 2 aliphatic rings. The molecule has 5 heteroatoms. The first-order chi connectivity index (χ1) is 7.25. The number of benzene rings is 1. The van der Waals surface area contributed by atoms with Crippen LogP contribution < -0.4 is 14.2 Å². The van der Waals surface area contributed by atoms with Gasteiger partial charge in [-0.3, -0.25) is 4.79 Å². The molecule has 1 atom stereocenters. The Morgan fingerprint density at radius 3 is 2.67 bits per heavy atom. The van der Waals surface area contributed by atoms with Crippen LogP contribution in [0.15, 0.2) is 12.1 Å². The summed E-state index contributed by atoms with van der Waals surface area (Å²) in [5.41, 5.74) is 0.659. The van der Waals surface area contributed by atoms with E-state index in [-0.39, 0.29) is 13.4 Å². The topological polar surface area (TPSA) is 65.0 Å². The van der Waals surface area contributed by atoms with Crippen molar-refractivity contribution in [2.45, 2.75) is 5.92 Å². The smallest absolute Gasteiger partial charge is 0.314 e. The molecule has 0 saturated carbocycles. The SMILES string of the molecule is O=C(O)C1COc2cc3c(cc21)OCO3. The molecule has 0 aromatic heterocycles. The highest BCUT2D eigenvalue weighted by atomic mass is 16.7. The van der Waals surface area contributed by atoms with Gasteiger partial charge >= 0.3 is 5.97 Å². The number of fused-ring (bicyclic) bond motifs is 2. The van der Waals surface area contributed by atoms with Gasteiger partial charge in [0, 0.05) is 11.6 Å². The zero-order valence-corrected chi connectivity index (χ0v) is 7.73. The molecule has 1 N–H and O–H groups in total. The summed E-state index contributed by atoms with van der Waals surface area (Å²) >= 11 is 0. The minimum Gasteiger partial charge on any atom is -0.492 e. The Hall–Kier alpha value is -1.91. The van der Waals surface area contributed by atoms with Gasteiger partial charge in [0.1, 0.15) is 18.3 Å². The molecule has 0 radical (unpaired) electrons. The van der Waals surface area contributed by atoms with Crippen molar-refractivity contribution in [3.05, 3.63) is 17.7 Å². The van der Waals surface area contributed by atoms with Gasteiger partial charge in [0.15, 0.2) is 11.5 Å². The van der Waals surface area contributed by atoms with Crippen molar-refractivity contribution in [3.63, 3.8) is 0 Å². The van der Waals surface area contributed by atoms with Gasteiger partial charge in [-0.2, -0.15) is 0 Å². The molecule has 2 heterocycles. The van der Waals surface area contributed by atoms with E-state index < -0.39 is 11.9 Å². The molecule has 78 valence electrons. The summed E-state index contributed by atoms with van der Waals surface area (Å²) in [6.45, 7) is 0.351. The fraction of sp³-hybridized carbons (Fsp3) is 0.300. The van der Waals surface area contributed by atoms with Gasteiger partial charge in [-0.15, -0.1) is 0 Å². The van der Waals surface area contributed by atoms with E-state index in [2.05, 4.69) is 0 Å². The third-order valence-corrected chi connectivity index (χ3v) is 2.58. The van der Waals surface area contributed by atoms with Crippen LogP contribution in [-0.4, -0.2) is 24.5 Å². The van der Waals surface area contributed by atoms with E-state index in [9.17, 15) is 4.79 Å². The number of hydrogen-bond acceptors (Lipinski definition) is 4. The number of aliphatic carboxylic acids is 1. The van der Waals surface area contributed by atoms with Gasteiger partial charge in [0.25, 0.3) is 0 Å². The Morgan fingerprint density at radius 1 is 1.20 bits per heavy atom. The Bertz CT molecular complexity index is 440. The summed E-state index contributed by atoms with van der Waals surface area (Å²) in [7, 11) is 0. The second-order valence-corrected chi connectivity index (χ2v) is 3.45. The molecular weight excluding hydrogens is 200 g/mol. The first-order valence-electron chi connectivity index (χ1n) is 4.55.